The van der Waals surface area contributed by atoms with Crippen molar-refractivity contribution in [2.45, 2.75) is 45.3 Å². The van der Waals surface area contributed by atoms with E-state index < -0.39 is 0 Å². The van der Waals surface area contributed by atoms with Gasteiger partial charge in [-0.2, -0.15) is 0 Å². The van der Waals surface area contributed by atoms with E-state index in [1.807, 2.05) is 0 Å². The third kappa shape index (κ3) is 2.48. The van der Waals surface area contributed by atoms with E-state index in [0.29, 0.717) is 6.61 Å². The molecule has 0 aromatic carbocycles. The lowest BCUT2D eigenvalue weighted by Crippen LogP contribution is -2.13. The molecule has 3 nitrogen and oxygen atoms in total. The third-order valence-corrected chi connectivity index (χ3v) is 1.94. The first-order chi connectivity index (χ1) is 5.79. The first-order valence-electron chi connectivity index (χ1n) is 4.61. The average molecular weight is 172 g/mol. The van der Waals surface area contributed by atoms with Crippen molar-refractivity contribution in [3.05, 3.63) is 0 Å². The highest BCUT2D eigenvalue weighted by Crippen LogP contribution is 2.27. The summed E-state index contributed by atoms with van der Waals surface area (Å²) in [5.74, 6) is -0.196. The molecule has 1 rings (SSSR count). The predicted octanol–water partition coefficient (Wildman–Crippen LogP) is 1.51. The largest absolute Gasteiger partial charge is 0.464 e. The Kier molecular flexibility index (Phi) is 3.53. The van der Waals surface area contributed by atoms with E-state index in [2.05, 4.69) is 6.92 Å². The summed E-state index contributed by atoms with van der Waals surface area (Å²) in [6.45, 7) is 4.38. The normalized spacial score (nSPS) is 26.8. The number of unbranched alkanes of at least 4 members (excludes halogenated alkanes) is 1. The summed E-state index contributed by atoms with van der Waals surface area (Å²) in [7, 11) is 0. The van der Waals surface area contributed by atoms with Crippen molar-refractivity contribution in [2.75, 3.05) is 6.61 Å². The molecule has 0 aromatic heterocycles. The van der Waals surface area contributed by atoms with Crippen molar-refractivity contribution in [1.29, 1.82) is 0 Å². The molecule has 3 heteroatoms. The van der Waals surface area contributed by atoms with Crippen LogP contribution in [0.4, 0.5) is 0 Å². The molecule has 0 aliphatic carbocycles. The summed E-state index contributed by atoms with van der Waals surface area (Å²) in [6.07, 6.45) is 3.15. The van der Waals surface area contributed by atoms with E-state index in [1.165, 1.54) is 0 Å². The van der Waals surface area contributed by atoms with Gasteiger partial charge in [0.25, 0.3) is 0 Å². The van der Waals surface area contributed by atoms with Gasteiger partial charge in [-0.15, -0.1) is 0 Å². The van der Waals surface area contributed by atoms with Gasteiger partial charge in [-0.1, -0.05) is 19.8 Å². The molecule has 0 unspecified atom stereocenters. The summed E-state index contributed by atoms with van der Waals surface area (Å²) in [5, 5.41) is 0. The van der Waals surface area contributed by atoms with Crippen molar-refractivity contribution in [2.24, 2.45) is 0 Å². The standard InChI is InChI=1S/C9H16O3/c1-3-5-6-7-8(12-7)9(10)11-4-2/h7-8H,3-6H2,1-2H3/t7-,8+/m0/s1. The second-order valence-electron chi connectivity index (χ2n) is 2.99. The maximum absolute atomic E-state index is 11.0. The number of esters is 1. The predicted molar refractivity (Wildman–Crippen MR) is 44.8 cm³/mol. The Morgan fingerprint density at radius 2 is 2.25 bits per heavy atom. The number of hydrogen-bond acceptors (Lipinski definition) is 3. The van der Waals surface area contributed by atoms with Crippen LogP contribution in [0, 0.1) is 0 Å². The fourth-order valence-electron chi connectivity index (χ4n) is 1.20. The minimum absolute atomic E-state index is 0.143. The molecule has 0 bridgehead atoms. The van der Waals surface area contributed by atoms with Crippen LogP contribution in [0.25, 0.3) is 0 Å². The van der Waals surface area contributed by atoms with E-state index >= 15 is 0 Å². The Morgan fingerprint density at radius 3 is 2.83 bits per heavy atom. The second kappa shape index (κ2) is 4.45. The van der Waals surface area contributed by atoms with Gasteiger partial charge < -0.3 is 9.47 Å². The van der Waals surface area contributed by atoms with Gasteiger partial charge in [0.1, 0.15) is 0 Å². The zero-order valence-electron chi connectivity index (χ0n) is 7.71. The highest BCUT2D eigenvalue weighted by molar-refractivity contribution is 5.77. The fraction of sp³-hybridized carbons (Fsp3) is 0.889. The third-order valence-electron chi connectivity index (χ3n) is 1.94. The molecule has 2 atom stereocenters. The molecule has 1 fully saturated rings. The number of carbonyl (C=O) groups is 1. The lowest BCUT2D eigenvalue weighted by molar-refractivity contribution is -0.144. The number of epoxide rings is 1. The van der Waals surface area contributed by atoms with Crippen LogP contribution in [0.15, 0.2) is 0 Å². The molecule has 1 aliphatic heterocycles. The molecule has 0 amide bonds. The summed E-state index contributed by atoms with van der Waals surface area (Å²) < 4.78 is 9.97. The van der Waals surface area contributed by atoms with Gasteiger partial charge >= 0.3 is 5.97 Å². The van der Waals surface area contributed by atoms with Crippen LogP contribution in [0.2, 0.25) is 0 Å². The highest BCUT2D eigenvalue weighted by atomic mass is 16.6. The van der Waals surface area contributed by atoms with Crippen LogP contribution in [-0.2, 0) is 14.3 Å². The average Bonchev–Trinajstić information content (AvgIpc) is 2.80. The zero-order chi connectivity index (χ0) is 8.97. The van der Waals surface area contributed by atoms with E-state index in [0.717, 1.165) is 19.3 Å². The second-order valence-corrected chi connectivity index (χ2v) is 2.99. The van der Waals surface area contributed by atoms with E-state index in [1.54, 1.807) is 6.92 Å². The molecular formula is C9H16O3. The van der Waals surface area contributed by atoms with E-state index in [9.17, 15) is 4.79 Å². The van der Waals surface area contributed by atoms with E-state index in [4.69, 9.17) is 9.47 Å². The quantitative estimate of drug-likeness (QED) is 0.466. The van der Waals surface area contributed by atoms with Gasteiger partial charge in [-0.25, -0.2) is 4.79 Å². The number of carbonyl (C=O) groups excluding carboxylic acids is 1. The van der Waals surface area contributed by atoms with Crippen LogP contribution in [0.1, 0.15) is 33.1 Å². The van der Waals surface area contributed by atoms with Gasteiger partial charge in [0.15, 0.2) is 6.10 Å². The van der Waals surface area contributed by atoms with Crippen LogP contribution < -0.4 is 0 Å². The smallest absolute Gasteiger partial charge is 0.337 e. The minimum atomic E-state index is -0.253. The molecule has 0 radical (unpaired) electrons. The Morgan fingerprint density at radius 1 is 1.50 bits per heavy atom. The molecule has 0 aromatic rings. The van der Waals surface area contributed by atoms with Gasteiger partial charge in [-0.05, 0) is 13.3 Å². The monoisotopic (exact) mass is 172 g/mol. The summed E-state index contributed by atoms with van der Waals surface area (Å²) >= 11 is 0. The zero-order valence-corrected chi connectivity index (χ0v) is 7.71. The van der Waals surface area contributed by atoms with Gasteiger partial charge in [0.05, 0.1) is 12.7 Å². The summed E-state index contributed by atoms with van der Waals surface area (Å²) in [4.78, 5) is 11.0. The molecule has 1 saturated heterocycles. The first-order valence-corrected chi connectivity index (χ1v) is 4.61. The SMILES string of the molecule is CCCC[C@@H]1O[C@H]1C(=O)OCC. The molecule has 12 heavy (non-hydrogen) atoms. The number of ether oxygens (including phenoxy) is 2. The Balaban J connectivity index is 2.10. The fourth-order valence-corrected chi connectivity index (χ4v) is 1.20. The number of hydrogen-bond donors (Lipinski definition) is 0. The van der Waals surface area contributed by atoms with Crippen LogP contribution in [0.5, 0.6) is 0 Å². The van der Waals surface area contributed by atoms with Crippen molar-refractivity contribution < 1.29 is 14.3 Å². The molecule has 0 spiro atoms. The molecule has 1 aliphatic rings. The molecule has 0 N–H and O–H groups in total. The molecule has 70 valence electrons. The molecule has 0 saturated carbocycles. The summed E-state index contributed by atoms with van der Waals surface area (Å²) in [5.41, 5.74) is 0. The van der Waals surface area contributed by atoms with Crippen LogP contribution >= 0.6 is 0 Å². The van der Waals surface area contributed by atoms with Crippen LogP contribution in [0.3, 0.4) is 0 Å². The van der Waals surface area contributed by atoms with Gasteiger partial charge in [0, 0.05) is 0 Å². The minimum Gasteiger partial charge on any atom is -0.464 e. The van der Waals surface area contributed by atoms with Gasteiger partial charge in [0.2, 0.25) is 0 Å². The Hall–Kier alpha value is -0.570. The van der Waals surface area contributed by atoms with Gasteiger partial charge in [-0.3, -0.25) is 0 Å². The lowest BCUT2D eigenvalue weighted by atomic mass is 10.1. The molecular weight excluding hydrogens is 156 g/mol. The van der Waals surface area contributed by atoms with E-state index in [-0.39, 0.29) is 18.2 Å². The van der Waals surface area contributed by atoms with Crippen LogP contribution in [-0.4, -0.2) is 24.8 Å². The first kappa shape index (κ1) is 9.52. The van der Waals surface area contributed by atoms with Crippen molar-refractivity contribution in [1.82, 2.24) is 0 Å². The van der Waals surface area contributed by atoms with Crippen molar-refractivity contribution in [3.8, 4) is 0 Å². The Bertz CT molecular complexity index is 156. The van der Waals surface area contributed by atoms with Crippen molar-refractivity contribution in [3.63, 3.8) is 0 Å². The van der Waals surface area contributed by atoms with Crippen molar-refractivity contribution >= 4 is 5.97 Å². The highest BCUT2D eigenvalue weighted by Gasteiger charge is 2.45. The summed E-state index contributed by atoms with van der Waals surface area (Å²) in [6, 6.07) is 0. The lowest BCUT2D eigenvalue weighted by Gasteiger charge is -1.96. The topological polar surface area (TPSA) is 38.8 Å². The number of rotatable bonds is 5. The Labute approximate surface area is 73.0 Å². The molecule has 1 heterocycles. The maximum Gasteiger partial charge on any atom is 0.337 e. The maximum atomic E-state index is 11.0.